The highest BCUT2D eigenvalue weighted by molar-refractivity contribution is 5.77. The summed E-state index contributed by atoms with van der Waals surface area (Å²) >= 11 is 0. The molecule has 0 radical (unpaired) electrons. The summed E-state index contributed by atoms with van der Waals surface area (Å²) in [5.41, 5.74) is 4.56. The van der Waals surface area contributed by atoms with Gasteiger partial charge < -0.3 is 4.74 Å². The van der Waals surface area contributed by atoms with E-state index in [1.165, 1.54) is 5.56 Å². The first kappa shape index (κ1) is 15.1. The Kier molecular flexibility index (Phi) is 5.79. The highest BCUT2D eigenvalue weighted by Crippen LogP contribution is 2.11. The van der Waals surface area contributed by atoms with Crippen molar-refractivity contribution in [3.8, 4) is 5.75 Å². The molecule has 0 unspecified atom stereocenters. The van der Waals surface area contributed by atoms with Crippen molar-refractivity contribution in [3.63, 3.8) is 0 Å². The molecule has 0 aliphatic heterocycles. The maximum Gasteiger partial charge on any atom is 0.247 e. The van der Waals surface area contributed by atoms with Gasteiger partial charge in [-0.25, -0.2) is 5.48 Å². The SMILES string of the molecule is COc1ccc(CC(=O)NOCCc2ccccc2)cc1. The Morgan fingerprint density at radius 3 is 2.38 bits per heavy atom. The maximum absolute atomic E-state index is 11.7. The van der Waals surface area contributed by atoms with Gasteiger partial charge in [0.1, 0.15) is 5.75 Å². The van der Waals surface area contributed by atoms with Crippen LogP contribution in [0.5, 0.6) is 5.75 Å². The predicted octanol–water partition coefficient (Wildman–Crippen LogP) is 2.53. The third kappa shape index (κ3) is 5.28. The Morgan fingerprint density at radius 2 is 1.71 bits per heavy atom. The number of nitrogens with one attached hydrogen (secondary N) is 1. The fourth-order valence-electron chi connectivity index (χ4n) is 1.91. The van der Waals surface area contributed by atoms with Crippen LogP contribution in [0.15, 0.2) is 54.6 Å². The van der Waals surface area contributed by atoms with Crippen LogP contribution in [0.4, 0.5) is 0 Å². The van der Waals surface area contributed by atoms with Crippen molar-refractivity contribution in [1.29, 1.82) is 0 Å². The second-order valence-corrected chi connectivity index (χ2v) is 4.63. The molecule has 4 heteroatoms. The molecule has 2 aromatic rings. The Morgan fingerprint density at radius 1 is 1.00 bits per heavy atom. The second-order valence-electron chi connectivity index (χ2n) is 4.63. The fraction of sp³-hybridized carbons (Fsp3) is 0.235. The van der Waals surface area contributed by atoms with Crippen LogP contribution in [0.3, 0.4) is 0 Å². The zero-order valence-electron chi connectivity index (χ0n) is 12.0. The molecule has 1 N–H and O–H groups in total. The van der Waals surface area contributed by atoms with Crippen LogP contribution in [-0.2, 0) is 22.5 Å². The molecule has 2 rings (SSSR count). The standard InChI is InChI=1S/C17H19NO3/c1-20-16-9-7-15(8-10-16)13-17(19)18-21-12-11-14-5-3-2-4-6-14/h2-10H,11-13H2,1H3,(H,18,19). The lowest BCUT2D eigenvalue weighted by molar-refractivity contribution is -0.132. The Bertz CT molecular complexity index is 552. The van der Waals surface area contributed by atoms with E-state index in [9.17, 15) is 4.79 Å². The number of carbonyl (C=O) groups is 1. The van der Waals surface area contributed by atoms with Crippen molar-refractivity contribution in [2.75, 3.05) is 13.7 Å². The summed E-state index contributed by atoms with van der Waals surface area (Å²) < 4.78 is 5.07. The van der Waals surface area contributed by atoms with Crippen molar-refractivity contribution < 1.29 is 14.4 Å². The number of hydroxylamine groups is 1. The summed E-state index contributed by atoms with van der Waals surface area (Å²) in [6.07, 6.45) is 1.05. The number of hydrogen-bond donors (Lipinski definition) is 1. The molecule has 0 bridgehead atoms. The first-order valence-electron chi connectivity index (χ1n) is 6.85. The third-order valence-corrected chi connectivity index (χ3v) is 3.05. The molecular weight excluding hydrogens is 266 g/mol. The molecule has 4 nitrogen and oxygen atoms in total. The number of benzene rings is 2. The molecule has 0 heterocycles. The highest BCUT2D eigenvalue weighted by Gasteiger charge is 2.03. The van der Waals surface area contributed by atoms with Crippen molar-refractivity contribution in [3.05, 3.63) is 65.7 Å². The van der Waals surface area contributed by atoms with Crippen LogP contribution < -0.4 is 10.2 Å². The molecule has 0 fully saturated rings. The van der Waals surface area contributed by atoms with E-state index in [1.807, 2.05) is 54.6 Å². The molecule has 0 aromatic heterocycles. The van der Waals surface area contributed by atoms with Gasteiger partial charge in [0.15, 0.2) is 0 Å². The molecule has 110 valence electrons. The van der Waals surface area contributed by atoms with Gasteiger partial charge in [-0.2, -0.15) is 0 Å². The van der Waals surface area contributed by atoms with E-state index in [4.69, 9.17) is 9.57 Å². The van der Waals surface area contributed by atoms with Gasteiger partial charge >= 0.3 is 0 Å². The van der Waals surface area contributed by atoms with Crippen LogP contribution in [0.2, 0.25) is 0 Å². The second kappa shape index (κ2) is 8.07. The Labute approximate surface area is 124 Å². The van der Waals surface area contributed by atoms with E-state index in [-0.39, 0.29) is 12.3 Å². The summed E-state index contributed by atoms with van der Waals surface area (Å²) in [7, 11) is 1.61. The molecular formula is C17H19NO3. The number of amides is 1. The molecule has 0 aliphatic rings. The monoisotopic (exact) mass is 285 g/mol. The normalized spacial score (nSPS) is 10.1. The van der Waals surface area contributed by atoms with Gasteiger partial charge in [0.25, 0.3) is 0 Å². The lowest BCUT2D eigenvalue weighted by atomic mass is 10.1. The minimum atomic E-state index is -0.159. The quantitative estimate of drug-likeness (QED) is 0.628. The number of ether oxygens (including phenoxy) is 1. The maximum atomic E-state index is 11.7. The number of rotatable bonds is 7. The number of hydrogen-bond acceptors (Lipinski definition) is 3. The summed E-state index contributed by atoms with van der Waals surface area (Å²) in [5, 5.41) is 0. The van der Waals surface area contributed by atoms with E-state index in [0.717, 1.165) is 17.7 Å². The van der Waals surface area contributed by atoms with E-state index in [0.29, 0.717) is 6.61 Å². The number of carbonyl (C=O) groups excluding carboxylic acids is 1. The largest absolute Gasteiger partial charge is 0.497 e. The van der Waals surface area contributed by atoms with Crippen molar-refractivity contribution in [2.45, 2.75) is 12.8 Å². The highest BCUT2D eigenvalue weighted by atomic mass is 16.6. The third-order valence-electron chi connectivity index (χ3n) is 3.05. The minimum absolute atomic E-state index is 0.159. The fourth-order valence-corrected chi connectivity index (χ4v) is 1.91. The molecule has 1 amide bonds. The lowest BCUT2D eigenvalue weighted by Crippen LogP contribution is -2.26. The van der Waals surface area contributed by atoms with E-state index >= 15 is 0 Å². The van der Waals surface area contributed by atoms with Gasteiger partial charge in [-0.15, -0.1) is 0 Å². The van der Waals surface area contributed by atoms with Gasteiger partial charge in [-0.3, -0.25) is 9.63 Å². The Hall–Kier alpha value is -2.33. The van der Waals surface area contributed by atoms with E-state index in [1.54, 1.807) is 7.11 Å². The van der Waals surface area contributed by atoms with Gasteiger partial charge in [0, 0.05) is 0 Å². The topological polar surface area (TPSA) is 47.6 Å². The molecule has 0 saturated heterocycles. The van der Waals surface area contributed by atoms with Crippen LogP contribution in [-0.4, -0.2) is 19.6 Å². The molecule has 0 aliphatic carbocycles. The van der Waals surface area contributed by atoms with Gasteiger partial charge in [0.05, 0.1) is 20.1 Å². The molecule has 2 aromatic carbocycles. The summed E-state index contributed by atoms with van der Waals surface area (Å²) in [4.78, 5) is 16.9. The average Bonchev–Trinajstić information content (AvgIpc) is 2.53. The van der Waals surface area contributed by atoms with E-state index in [2.05, 4.69) is 5.48 Å². The molecule has 21 heavy (non-hydrogen) atoms. The van der Waals surface area contributed by atoms with Crippen LogP contribution >= 0.6 is 0 Å². The molecule has 0 spiro atoms. The van der Waals surface area contributed by atoms with Gasteiger partial charge in [-0.1, -0.05) is 42.5 Å². The smallest absolute Gasteiger partial charge is 0.247 e. The first-order chi connectivity index (χ1) is 10.3. The molecule has 0 atom stereocenters. The first-order valence-corrected chi connectivity index (χ1v) is 6.85. The summed E-state index contributed by atoms with van der Waals surface area (Å²) in [6.45, 7) is 0.457. The van der Waals surface area contributed by atoms with Crippen LogP contribution in [0.25, 0.3) is 0 Å². The zero-order chi connectivity index (χ0) is 14.9. The van der Waals surface area contributed by atoms with Crippen molar-refractivity contribution >= 4 is 5.91 Å². The molecule has 0 saturated carbocycles. The van der Waals surface area contributed by atoms with Crippen molar-refractivity contribution in [2.24, 2.45) is 0 Å². The predicted molar refractivity (Wildman–Crippen MR) is 80.9 cm³/mol. The van der Waals surface area contributed by atoms with E-state index < -0.39 is 0 Å². The average molecular weight is 285 g/mol. The zero-order valence-corrected chi connectivity index (χ0v) is 12.0. The van der Waals surface area contributed by atoms with Crippen LogP contribution in [0, 0.1) is 0 Å². The number of methoxy groups -OCH3 is 1. The van der Waals surface area contributed by atoms with Gasteiger partial charge in [0.2, 0.25) is 5.91 Å². The summed E-state index contributed by atoms with van der Waals surface area (Å²) in [5.74, 6) is 0.617. The van der Waals surface area contributed by atoms with Gasteiger partial charge in [-0.05, 0) is 29.7 Å². The van der Waals surface area contributed by atoms with Crippen LogP contribution in [0.1, 0.15) is 11.1 Å². The lowest BCUT2D eigenvalue weighted by Gasteiger charge is -2.06. The summed E-state index contributed by atoms with van der Waals surface area (Å²) in [6, 6.07) is 17.4. The Balaban J connectivity index is 1.67. The van der Waals surface area contributed by atoms with Crippen molar-refractivity contribution in [1.82, 2.24) is 5.48 Å². The minimum Gasteiger partial charge on any atom is -0.497 e.